The highest BCUT2D eigenvalue weighted by Crippen LogP contribution is 2.17. The average molecular weight is 198 g/mol. The van der Waals surface area contributed by atoms with E-state index in [-0.39, 0.29) is 18.4 Å². The lowest BCUT2D eigenvalue weighted by Gasteiger charge is -2.01. The predicted octanol–water partition coefficient (Wildman–Crippen LogP) is 0.586. The number of carboxylic acids is 1. The molecule has 0 aromatic heterocycles. The summed E-state index contributed by atoms with van der Waals surface area (Å²) in [6, 6.07) is -0.308. The van der Waals surface area contributed by atoms with Gasteiger partial charge in [-0.2, -0.15) is 11.8 Å². The van der Waals surface area contributed by atoms with E-state index in [0.29, 0.717) is 5.25 Å². The third-order valence-electron chi connectivity index (χ3n) is 1.72. The SMILES string of the molecule is CSC1CNC(C(=O)O)C1.Cl. The van der Waals surface area contributed by atoms with E-state index in [2.05, 4.69) is 5.32 Å². The molecular weight excluding hydrogens is 186 g/mol. The van der Waals surface area contributed by atoms with Crippen LogP contribution in [0.1, 0.15) is 6.42 Å². The fourth-order valence-corrected chi connectivity index (χ4v) is 1.72. The van der Waals surface area contributed by atoms with Crippen LogP contribution < -0.4 is 5.32 Å². The molecule has 1 saturated heterocycles. The van der Waals surface area contributed by atoms with Gasteiger partial charge in [-0.25, -0.2) is 0 Å². The van der Waals surface area contributed by atoms with Gasteiger partial charge in [0.2, 0.25) is 0 Å². The van der Waals surface area contributed by atoms with Crippen LogP contribution in [0.5, 0.6) is 0 Å². The molecule has 2 atom stereocenters. The first-order chi connectivity index (χ1) is 4.74. The Bertz CT molecular complexity index is 145. The van der Waals surface area contributed by atoms with Gasteiger partial charge in [0.25, 0.3) is 0 Å². The number of hydrogen-bond donors (Lipinski definition) is 2. The standard InChI is InChI=1S/C6H11NO2S.ClH/c1-10-4-2-5(6(8)9)7-3-4;/h4-5,7H,2-3H2,1H3,(H,8,9);1H. The first-order valence-electron chi connectivity index (χ1n) is 3.23. The van der Waals surface area contributed by atoms with Crippen molar-refractivity contribution in [3.63, 3.8) is 0 Å². The summed E-state index contributed by atoms with van der Waals surface area (Å²) in [6.45, 7) is 0.831. The van der Waals surface area contributed by atoms with Crippen molar-refractivity contribution in [3.05, 3.63) is 0 Å². The molecule has 0 bridgehead atoms. The van der Waals surface area contributed by atoms with Crippen molar-refractivity contribution in [3.8, 4) is 0 Å². The zero-order chi connectivity index (χ0) is 7.56. The van der Waals surface area contributed by atoms with Gasteiger partial charge in [-0.3, -0.25) is 4.79 Å². The number of hydrogen-bond acceptors (Lipinski definition) is 3. The van der Waals surface area contributed by atoms with Crippen LogP contribution in [-0.2, 0) is 4.79 Å². The highest BCUT2D eigenvalue weighted by Gasteiger charge is 2.27. The van der Waals surface area contributed by atoms with E-state index in [1.807, 2.05) is 6.26 Å². The lowest BCUT2D eigenvalue weighted by molar-refractivity contribution is -0.139. The molecule has 1 rings (SSSR count). The number of carbonyl (C=O) groups is 1. The van der Waals surface area contributed by atoms with E-state index in [1.165, 1.54) is 0 Å². The molecule has 1 fully saturated rings. The minimum Gasteiger partial charge on any atom is -0.480 e. The number of halogens is 1. The third kappa shape index (κ3) is 2.89. The molecular formula is C6H12ClNO2S. The average Bonchev–Trinajstić information content (AvgIpc) is 2.34. The van der Waals surface area contributed by atoms with Crippen LogP contribution in [0.2, 0.25) is 0 Å². The van der Waals surface area contributed by atoms with E-state index < -0.39 is 5.97 Å². The molecule has 0 aromatic rings. The molecule has 1 aliphatic rings. The molecule has 0 amide bonds. The normalized spacial score (nSPS) is 29.5. The molecule has 66 valence electrons. The van der Waals surface area contributed by atoms with Gasteiger partial charge in [-0.1, -0.05) is 0 Å². The summed E-state index contributed by atoms with van der Waals surface area (Å²) in [5.74, 6) is -0.725. The van der Waals surface area contributed by atoms with Crippen molar-refractivity contribution >= 4 is 30.1 Å². The Morgan fingerprint density at radius 1 is 1.73 bits per heavy atom. The third-order valence-corrected chi connectivity index (χ3v) is 2.75. The van der Waals surface area contributed by atoms with Crippen molar-refractivity contribution in [2.75, 3.05) is 12.8 Å². The molecule has 2 N–H and O–H groups in total. The zero-order valence-electron chi connectivity index (χ0n) is 6.24. The van der Waals surface area contributed by atoms with Gasteiger partial charge in [0.1, 0.15) is 6.04 Å². The first-order valence-corrected chi connectivity index (χ1v) is 4.52. The van der Waals surface area contributed by atoms with Gasteiger partial charge in [0.05, 0.1) is 0 Å². The highest BCUT2D eigenvalue weighted by molar-refractivity contribution is 7.99. The van der Waals surface area contributed by atoms with E-state index in [0.717, 1.165) is 13.0 Å². The number of nitrogens with one attached hydrogen (secondary N) is 1. The van der Waals surface area contributed by atoms with E-state index in [9.17, 15) is 4.79 Å². The van der Waals surface area contributed by atoms with E-state index >= 15 is 0 Å². The van der Waals surface area contributed by atoms with Crippen LogP contribution in [0, 0.1) is 0 Å². The molecule has 11 heavy (non-hydrogen) atoms. The Hall–Kier alpha value is 0.0700. The maximum absolute atomic E-state index is 10.4. The van der Waals surface area contributed by atoms with Crippen molar-refractivity contribution in [2.45, 2.75) is 17.7 Å². The molecule has 3 nitrogen and oxygen atoms in total. The summed E-state index contributed by atoms with van der Waals surface area (Å²) in [5, 5.41) is 12.0. The van der Waals surface area contributed by atoms with Gasteiger partial charge < -0.3 is 10.4 Å². The summed E-state index contributed by atoms with van der Waals surface area (Å²) in [6.07, 6.45) is 2.77. The summed E-state index contributed by atoms with van der Waals surface area (Å²) < 4.78 is 0. The monoisotopic (exact) mass is 197 g/mol. The van der Waals surface area contributed by atoms with Crippen molar-refractivity contribution < 1.29 is 9.90 Å². The smallest absolute Gasteiger partial charge is 0.320 e. The number of thioether (sulfide) groups is 1. The maximum Gasteiger partial charge on any atom is 0.320 e. The molecule has 0 spiro atoms. The van der Waals surface area contributed by atoms with Gasteiger partial charge in [0, 0.05) is 11.8 Å². The van der Waals surface area contributed by atoms with Crippen molar-refractivity contribution in [2.24, 2.45) is 0 Å². The lowest BCUT2D eigenvalue weighted by atomic mass is 10.2. The largest absolute Gasteiger partial charge is 0.480 e. The van der Waals surface area contributed by atoms with Gasteiger partial charge in [-0.15, -0.1) is 12.4 Å². The predicted molar refractivity (Wildman–Crippen MR) is 48.6 cm³/mol. The second-order valence-corrected chi connectivity index (χ2v) is 3.53. The van der Waals surface area contributed by atoms with Crippen LogP contribution in [0.4, 0.5) is 0 Å². The minimum atomic E-state index is -0.725. The zero-order valence-corrected chi connectivity index (χ0v) is 7.87. The molecule has 0 aliphatic carbocycles. The Balaban J connectivity index is 0.000001000. The summed E-state index contributed by atoms with van der Waals surface area (Å²) >= 11 is 1.73. The Labute approximate surface area is 76.3 Å². The van der Waals surface area contributed by atoms with Gasteiger partial charge in [0.15, 0.2) is 0 Å². The van der Waals surface area contributed by atoms with Gasteiger partial charge >= 0.3 is 5.97 Å². The van der Waals surface area contributed by atoms with Crippen LogP contribution >= 0.6 is 24.2 Å². The van der Waals surface area contributed by atoms with Crippen LogP contribution in [0.15, 0.2) is 0 Å². The van der Waals surface area contributed by atoms with Crippen molar-refractivity contribution in [1.29, 1.82) is 0 Å². The Kier molecular flexibility index (Phi) is 4.88. The molecule has 0 aromatic carbocycles. The number of aliphatic carboxylic acids is 1. The topological polar surface area (TPSA) is 49.3 Å². The quantitative estimate of drug-likeness (QED) is 0.681. The molecule has 0 radical (unpaired) electrons. The lowest BCUT2D eigenvalue weighted by Crippen LogP contribution is -2.29. The maximum atomic E-state index is 10.4. The van der Waals surface area contributed by atoms with E-state index in [1.54, 1.807) is 11.8 Å². The fraction of sp³-hybridized carbons (Fsp3) is 0.833. The van der Waals surface area contributed by atoms with E-state index in [4.69, 9.17) is 5.11 Å². The second kappa shape index (κ2) is 4.85. The molecule has 1 heterocycles. The first kappa shape index (κ1) is 11.1. The van der Waals surface area contributed by atoms with Crippen LogP contribution in [0.3, 0.4) is 0 Å². The highest BCUT2D eigenvalue weighted by atomic mass is 35.5. The number of rotatable bonds is 2. The summed E-state index contributed by atoms with van der Waals surface area (Å²) in [4.78, 5) is 10.4. The van der Waals surface area contributed by atoms with Gasteiger partial charge in [-0.05, 0) is 12.7 Å². The van der Waals surface area contributed by atoms with Crippen LogP contribution in [-0.4, -0.2) is 35.2 Å². The fourth-order valence-electron chi connectivity index (χ4n) is 1.07. The summed E-state index contributed by atoms with van der Waals surface area (Å²) in [5.41, 5.74) is 0. The minimum absolute atomic E-state index is 0. The molecule has 0 saturated carbocycles. The van der Waals surface area contributed by atoms with Crippen LogP contribution in [0.25, 0.3) is 0 Å². The Morgan fingerprint density at radius 3 is 2.64 bits per heavy atom. The molecule has 2 unspecified atom stereocenters. The van der Waals surface area contributed by atoms with Crippen molar-refractivity contribution in [1.82, 2.24) is 5.32 Å². The second-order valence-electron chi connectivity index (χ2n) is 2.39. The molecule has 1 aliphatic heterocycles. The molecule has 5 heteroatoms. The number of carboxylic acid groups (broad SMARTS) is 1. The Morgan fingerprint density at radius 2 is 2.36 bits per heavy atom. The summed E-state index contributed by atoms with van der Waals surface area (Å²) in [7, 11) is 0.